The minimum Gasteiger partial charge on any atom is -0.354 e. The summed E-state index contributed by atoms with van der Waals surface area (Å²) in [5.74, 6) is -1.49. The quantitative estimate of drug-likeness (QED) is 0.376. The summed E-state index contributed by atoms with van der Waals surface area (Å²) in [5, 5.41) is 9.97. The van der Waals surface area contributed by atoms with Crippen LogP contribution in [-0.2, 0) is 19.4 Å². The maximum absolute atomic E-state index is 14.8. The topological polar surface area (TPSA) is 87.5 Å². The number of morpholine rings is 1. The molecule has 0 spiro atoms. The van der Waals surface area contributed by atoms with E-state index in [9.17, 15) is 22.9 Å². The van der Waals surface area contributed by atoms with Crippen LogP contribution >= 0.6 is 23.2 Å². The summed E-state index contributed by atoms with van der Waals surface area (Å²) >= 11 is 12.3. The first-order chi connectivity index (χ1) is 17.7. The Morgan fingerprint density at radius 3 is 2.42 bits per heavy atom. The number of carbonyl (C=O) groups is 1. The molecule has 0 aromatic heterocycles. The minimum absolute atomic E-state index is 0.0554. The van der Waals surface area contributed by atoms with E-state index in [0.29, 0.717) is 16.1 Å². The Morgan fingerprint density at radius 2 is 1.87 bits per heavy atom. The fraction of sp³-hybridized carbons (Fsp3) is 0.500. The van der Waals surface area contributed by atoms with Crippen molar-refractivity contribution in [2.75, 3.05) is 5.75 Å². The second-order valence-electron chi connectivity index (χ2n) is 11.3. The normalized spacial score (nSPS) is 25.2. The molecule has 0 unspecified atom stereocenters. The lowest BCUT2D eigenvalue weighted by Gasteiger charge is -2.51. The number of halogens is 3. The van der Waals surface area contributed by atoms with Crippen LogP contribution in [0.1, 0.15) is 70.2 Å². The number of nitriles is 1. The van der Waals surface area contributed by atoms with Crippen molar-refractivity contribution in [3.05, 3.63) is 69.5 Å². The van der Waals surface area contributed by atoms with E-state index in [2.05, 4.69) is 0 Å². The smallest absolute Gasteiger partial charge is 0.256 e. The second kappa shape index (κ2) is 10.4. The molecular formula is C28H31Cl2FN2O4S. The maximum Gasteiger partial charge on any atom is 0.256 e. The Morgan fingerprint density at radius 1 is 1.18 bits per heavy atom. The van der Waals surface area contributed by atoms with E-state index >= 15 is 0 Å². The number of hydrogen-bond acceptors (Lipinski definition) is 5. The predicted molar refractivity (Wildman–Crippen MR) is 145 cm³/mol. The molecule has 0 bridgehead atoms. The standard InChI is InChI=1S/C28H31Cl2FN2O4S/c1-27(2,3)38(35,36)16-23(17-8-9-17)33-24(18-10-11-21(30)22(31)15-18)25(19-6-5-7-20(29)14-19)37-28(4,12-13-32)26(33)34/h5-7,10-11,14-15,17,23-25H,8-9,12,16H2,1-4H3/t23-,24-,25-,28+/m1/s1. The molecule has 1 amide bonds. The highest BCUT2D eigenvalue weighted by Crippen LogP contribution is 2.51. The van der Waals surface area contributed by atoms with Crippen molar-refractivity contribution in [1.29, 1.82) is 5.26 Å². The Kier molecular flexibility index (Phi) is 7.90. The summed E-state index contributed by atoms with van der Waals surface area (Å²) in [4.78, 5) is 15.8. The van der Waals surface area contributed by atoms with Crippen molar-refractivity contribution >= 4 is 38.9 Å². The molecule has 1 heterocycles. The Balaban J connectivity index is 1.96. The monoisotopic (exact) mass is 580 g/mol. The third kappa shape index (κ3) is 5.58. The van der Waals surface area contributed by atoms with Gasteiger partial charge in [0.25, 0.3) is 5.91 Å². The number of rotatable bonds is 7. The summed E-state index contributed by atoms with van der Waals surface area (Å²) < 4.78 is 47.1. The van der Waals surface area contributed by atoms with E-state index in [4.69, 9.17) is 27.9 Å². The van der Waals surface area contributed by atoms with E-state index in [1.807, 2.05) is 6.07 Å². The van der Waals surface area contributed by atoms with E-state index in [1.54, 1.807) is 62.9 Å². The third-order valence-electron chi connectivity index (χ3n) is 7.39. The van der Waals surface area contributed by atoms with Crippen LogP contribution in [0.25, 0.3) is 0 Å². The highest BCUT2D eigenvalue weighted by molar-refractivity contribution is 7.92. The van der Waals surface area contributed by atoms with Gasteiger partial charge in [-0.25, -0.2) is 12.8 Å². The van der Waals surface area contributed by atoms with Crippen molar-refractivity contribution in [2.45, 2.75) is 75.5 Å². The summed E-state index contributed by atoms with van der Waals surface area (Å²) in [7, 11) is -3.65. The fourth-order valence-electron chi connectivity index (χ4n) is 4.93. The van der Waals surface area contributed by atoms with E-state index < -0.39 is 50.1 Å². The molecule has 1 saturated carbocycles. The zero-order chi connectivity index (χ0) is 28.0. The number of amides is 1. The molecule has 4 atom stereocenters. The van der Waals surface area contributed by atoms with Crippen molar-refractivity contribution in [3.8, 4) is 6.07 Å². The first kappa shape index (κ1) is 28.8. The molecule has 2 aromatic carbocycles. The Hall–Kier alpha value is -2.18. The number of carbonyl (C=O) groups excluding carboxylic acids is 1. The minimum atomic E-state index is -3.65. The van der Waals surface area contributed by atoms with Crippen molar-refractivity contribution in [1.82, 2.24) is 4.90 Å². The van der Waals surface area contributed by atoms with Crippen LogP contribution in [0.4, 0.5) is 4.39 Å². The van der Waals surface area contributed by atoms with Crippen LogP contribution in [0.3, 0.4) is 0 Å². The largest absolute Gasteiger partial charge is 0.354 e. The fourth-order valence-corrected chi connectivity index (χ4v) is 6.63. The predicted octanol–water partition coefficient (Wildman–Crippen LogP) is 6.44. The lowest BCUT2D eigenvalue weighted by molar-refractivity contribution is -0.201. The molecule has 38 heavy (non-hydrogen) atoms. The van der Waals surface area contributed by atoms with Crippen LogP contribution in [0.2, 0.25) is 10.0 Å². The molecule has 2 fully saturated rings. The number of sulfone groups is 1. The molecule has 2 aromatic rings. The summed E-state index contributed by atoms with van der Waals surface area (Å²) in [5.41, 5.74) is -0.530. The van der Waals surface area contributed by atoms with Crippen LogP contribution in [-0.4, -0.2) is 41.4 Å². The molecule has 10 heteroatoms. The Labute approximate surface area is 233 Å². The number of nitrogens with zero attached hydrogens (tertiary/aromatic N) is 2. The van der Waals surface area contributed by atoms with Crippen LogP contribution in [0.5, 0.6) is 0 Å². The van der Waals surface area contributed by atoms with Gasteiger partial charge in [-0.2, -0.15) is 5.26 Å². The van der Waals surface area contributed by atoms with Gasteiger partial charge in [-0.05, 0) is 81.8 Å². The van der Waals surface area contributed by atoms with Gasteiger partial charge in [0.1, 0.15) is 11.9 Å². The lowest BCUT2D eigenvalue weighted by atomic mass is 9.86. The van der Waals surface area contributed by atoms with E-state index in [0.717, 1.165) is 12.8 Å². The van der Waals surface area contributed by atoms with Gasteiger partial charge in [0, 0.05) is 11.1 Å². The molecule has 2 aliphatic rings. The van der Waals surface area contributed by atoms with Gasteiger partial charge in [0.2, 0.25) is 0 Å². The van der Waals surface area contributed by atoms with Gasteiger partial charge in [-0.1, -0.05) is 41.4 Å². The first-order valence-electron chi connectivity index (χ1n) is 12.5. The average molecular weight is 582 g/mol. The van der Waals surface area contributed by atoms with Gasteiger partial charge in [-0.3, -0.25) is 4.79 Å². The number of benzene rings is 2. The van der Waals surface area contributed by atoms with Crippen molar-refractivity contribution in [2.24, 2.45) is 5.92 Å². The second-order valence-corrected chi connectivity index (χ2v) is 14.9. The molecule has 0 radical (unpaired) electrons. The number of hydrogen-bond donors (Lipinski definition) is 0. The first-order valence-corrected chi connectivity index (χ1v) is 14.9. The van der Waals surface area contributed by atoms with Crippen LogP contribution in [0.15, 0.2) is 42.5 Å². The molecule has 1 aliphatic heterocycles. The molecular weight excluding hydrogens is 550 g/mol. The van der Waals surface area contributed by atoms with E-state index in [-0.39, 0.29) is 23.1 Å². The Bertz CT molecular complexity index is 1380. The summed E-state index contributed by atoms with van der Waals surface area (Å²) in [6.45, 7) is 6.44. The van der Waals surface area contributed by atoms with Crippen molar-refractivity contribution in [3.63, 3.8) is 0 Å². The maximum atomic E-state index is 14.8. The van der Waals surface area contributed by atoms with Gasteiger partial charge in [0.15, 0.2) is 15.4 Å². The zero-order valence-electron chi connectivity index (χ0n) is 21.7. The van der Waals surface area contributed by atoms with Gasteiger partial charge >= 0.3 is 0 Å². The molecule has 0 N–H and O–H groups in total. The highest BCUT2D eigenvalue weighted by Gasteiger charge is 2.56. The lowest BCUT2D eigenvalue weighted by Crippen LogP contribution is -2.62. The van der Waals surface area contributed by atoms with Crippen LogP contribution < -0.4 is 0 Å². The molecule has 4 rings (SSSR count). The SMILES string of the molecule is CC(C)(C)S(=O)(=O)C[C@H](C1CC1)N1C(=O)[C@](C)(CC#N)O[C@H](c2cccc(Cl)c2)[C@H]1c1ccc(Cl)c(F)c1. The highest BCUT2D eigenvalue weighted by atomic mass is 35.5. The average Bonchev–Trinajstić information content (AvgIpc) is 3.66. The molecule has 1 aliphatic carbocycles. The molecule has 1 saturated heterocycles. The third-order valence-corrected chi connectivity index (χ3v) is 10.6. The summed E-state index contributed by atoms with van der Waals surface area (Å²) in [6, 6.07) is 11.7. The summed E-state index contributed by atoms with van der Waals surface area (Å²) in [6.07, 6.45) is 0.412. The number of ether oxygens (including phenoxy) is 1. The van der Waals surface area contributed by atoms with Gasteiger partial charge < -0.3 is 9.64 Å². The van der Waals surface area contributed by atoms with E-state index in [1.165, 1.54) is 12.1 Å². The molecule has 6 nitrogen and oxygen atoms in total. The zero-order valence-corrected chi connectivity index (χ0v) is 24.1. The van der Waals surface area contributed by atoms with Crippen molar-refractivity contribution < 1.29 is 22.3 Å². The molecule has 204 valence electrons. The van der Waals surface area contributed by atoms with Crippen LogP contribution in [0, 0.1) is 23.1 Å². The van der Waals surface area contributed by atoms with Gasteiger partial charge in [0.05, 0.1) is 34.1 Å². The van der Waals surface area contributed by atoms with Gasteiger partial charge in [-0.15, -0.1) is 0 Å².